The van der Waals surface area contributed by atoms with Crippen LogP contribution in [-0.4, -0.2) is 36.0 Å². The van der Waals surface area contributed by atoms with Gasteiger partial charge in [0.2, 0.25) is 11.8 Å². The van der Waals surface area contributed by atoms with E-state index in [0.717, 1.165) is 34.3 Å². The number of methoxy groups -OCH3 is 1. The van der Waals surface area contributed by atoms with Crippen molar-refractivity contribution in [3.8, 4) is 5.75 Å². The summed E-state index contributed by atoms with van der Waals surface area (Å²) in [6, 6.07) is 17.3. The Bertz CT molecular complexity index is 940. The maximum absolute atomic E-state index is 11.7. The molecule has 1 saturated heterocycles. The summed E-state index contributed by atoms with van der Waals surface area (Å²) in [5, 5.41) is 1.66. The zero-order valence-corrected chi connectivity index (χ0v) is 19.8. The number of carbonyl (C=O) groups excluding carboxylic acids is 2. The first-order valence-electron chi connectivity index (χ1n) is 10.7. The van der Waals surface area contributed by atoms with Gasteiger partial charge in [0.15, 0.2) is 0 Å². The number of imide groups is 1. The predicted molar refractivity (Wildman–Crippen MR) is 130 cm³/mol. The van der Waals surface area contributed by atoms with Gasteiger partial charge in [-0.1, -0.05) is 62.0 Å². The number of rotatable bonds is 8. The van der Waals surface area contributed by atoms with E-state index in [0.29, 0.717) is 25.3 Å². The molecule has 1 fully saturated rings. The Morgan fingerprint density at radius 3 is 2.34 bits per heavy atom. The van der Waals surface area contributed by atoms with E-state index in [1.54, 1.807) is 7.11 Å². The maximum Gasteiger partial charge on any atom is 0.286 e. The van der Waals surface area contributed by atoms with Gasteiger partial charge in [0.05, 0.1) is 19.0 Å². The van der Waals surface area contributed by atoms with E-state index in [1.165, 1.54) is 0 Å². The fourth-order valence-electron chi connectivity index (χ4n) is 2.94. The Morgan fingerprint density at radius 2 is 1.78 bits per heavy atom. The molecule has 1 N–H and O–H groups in total. The Kier molecular flexibility index (Phi) is 10.5. The standard InChI is InChI=1S/C23H24N2O4S.C2H6/c1-3-18(24-22(28-2)17-7-5-4-6-8-17)13-14-29-19-11-9-16(10-12-19)15-20-21(26)25-23(27)30-20;1-2/h3-12,20H,13-15H2,1-2H3,(H,25,26,27);1-2H3/b18-3+,24-22?;. The highest BCUT2D eigenvalue weighted by Gasteiger charge is 2.31. The number of thioether (sulfide) groups is 1. The van der Waals surface area contributed by atoms with Crippen LogP contribution in [0.2, 0.25) is 0 Å². The number of hydrogen-bond acceptors (Lipinski definition) is 6. The number of benzene rings is 2. The van der Waals surface area contributed by atoms with Gasteiger partial charge in [-0.25, -0.2) is 4.99 Å². The molecule has 2 aromatic rings. The molecule has 32 heavy (non-hydrogen) atoms. The van der Waals surface area contributed by atoms with Gasteiger partial charge in [0, 0.05) is 17.7 Å². The van der Waals surface area contributed by atoms with Gasteiger partial charge in [-0.15, -0.1) is 0 Å². The van der Waals surface area contributed by atoms with Crippen LogP contribution >= 0.6 is 11.8 Å². The van der Waals surface area contributed by atoms with Crippen molar-refractivity contribution >= 4 is 28.8 Å². The van der Waals surface area contributed by atoms with Crippen molar-refractivity contribution in [2.45, 2.75) is 38.9 Å². The van der Waals surface area contributed by atoms with Crippen molar-refractivity contribution in [3.05, 3.63) is 77.5 Å². The number of allylic oxidation sites excluding steroid dienone is 1. The molecule has 1 aliphatic heterocycles. The van der Waals surface area contributed by atoms with Gasteiger partial charge in [0.25, 0.3) is 5.24 Å². The molecule has 1 aliphatic rings. The Hall–Kier alpha value is -3.06. The summed E-state index contributed by atoms with van der Waals surface area (Å²) in [7, 11) is 1.61. The van der Waals surface area contributed by atoms with Crippen molar-refractivity contribution in [3.63, 3.8) is 0 Å². The number of ether oxygens (including phenoxy) is 2. The minimum atomic E-state index is -0.362. The minimum Gasteiger partial charge on any atom is -0.493 e. The number of carbonyl (C=O) groups is 2. The van der Waals surface area contributed by atoms with E-state index in [9.17, 15) is 9.59 Å². The average molecular weight is 455 g/mol. The van der Waals surface area contributed by atoms with Gasteiger partial charge in [-0.3, -0.25) is 14.9 Å². The second-order valence-corrected chi connectivity index (χ2v) is 7.77. The predicted octanol–water partition coefficient (Wildman–Crippen LogP) is 5.37. The molecule has 0 radical (unpaired) electrons. The SMILES string of the molecule is C/C=C(\CCOc1ccc(CC2SC(=O)NC2=O)cc1)N=C(OC)c1ccccc1.CC. The smallest absolute Gasteiger partial charge is 0.286 e. The van der Waals surface area contributed by atoms with Crippen LogP contribution < -0.4 is 10.1 Å². The largest absolute Gasteiger partial charge is 0.493 e. The second kappa shape index (κ2) is 13.4. The number of nitrogens with zero attached hydrogens (tertiary/aromatic N) is 1. The van der Waals surface area contributed by atoms with E-state index in [-0.39, 0.29) is 16.4 Å². The molecule has 7 heteroatoms. The highest BCUT2D eigenvalue weighted by atomic mass is 32.2. The zero-order chi connectivity index (χ0) is 23.3. The summed E-state index contributed by atoms with van der Waals surface area (Å²) in [4.78, 5) is 27.5. The molecule has 0 aliphatic carbocycles. The normalized spacial score (nSPS) is 16.2. The first kappa shape index (κ1) is 25.2. The number of hydrogen-bond donors (Lipinski definition) is 1. The molecule has 0 spiro atoms. The minimum absolute atomic E-state index is 0.226. The Balaban J connectivity index is 0.00000176. The third-order valence-electron chi connectivity index (χ3n) is 4.53. The molecule has 0 aromatic heterocycles. The highest BCUT2D eigenvalue weighted by molar-refractivity contribution is 8.15. The molecule has 3 rings (SSSR count). The van der Waals surface area contributed by atoms with Gasteiger partial charge < -0.3 is 9.47 Å². The summed E-state index contributed by atoms with van der Waals surface area (Å²) in [6.45, 7) is 6.41. The monoisotopic (exact) mass is 454 g/mol. The molecule has 1 unspecified atom stereocenters. The lowest BCUT2D eigenvalue weighted by atomic mass is 10.1. The number of aliphatic imine (C=N–C) groups is 1. The first-order chi connectivity index (χ1) is 15.6. The summed E-state index contributed by atoms with van der Waals surface area (Å²) in [5.41, 5.74) is 2.78. The first-order valence-corrected chi connectivity index (χ1v) is 11.5. The number of nitrogens with one attached hydrogen (secondary N) is 1. The molecule has 2 amide bonds. The molecule has 0 bridgehead atoms. The lowest BCUT2D eigenvalue weighted by Crippen LogP contribution is -2.25. The lowest BCUT2D eigenvalue weighted by molar-refractivity contribution is -0.118. The second-order valence-electron chi connectivity index (χ2n) is 6.60. The fraction of sp³-hybridized carbons (Fsp3) is 0.320. The van der Waals surface area contributed by atoms with Crippen molar-refractivity contribution in [1.29, 1.82) is 0 Å². The van der Waals surface area contributed by atoms with Crippen LogP contribution in [0.1, 0.15) is 38.3 Å². The van der Waals surface area contributed by atoms with Crippen molar-refractivity contribution < 1.29 is 19.1 Å². The molecule has 1 atom stereocenters. The molecule has 1 heterocycles. The highest BCUT2D eigenvalue weighted by Crippen LogP contribution is 2.24. The summed E-state index contributed by atoms with van der Waals surface area (Å²) in [5.74, 6) is 1.09. The zero-order valence-electron chi connectivity index (χ0n) is 19.0. The quantitative estimate of drug-likeness (QED) is 0.428. The summed E-state index contributed by atoms with van der Waals surface area (Å²) >= 11 is 1.04. The van der Waals surface area contributed by atoms with Crippen LogP contribution in [0.5, 0.6) is 5.75 Å². The summed E-state index contributed by atoms with van der Waals surface area (Å²) < 4.78 is 11.3. The van der Waals surface area contributed by atoms with E-state index in [4.69, 9.17) is 9.47 Å². The third kappa shape index (κ3) is 7.57. The van der Waals surface area contributed by atoms with Crippen LogP contribution in [0.3, 0.4) is 0 Å². The van der Waals surface area contributed by atoms with E-state index >= 15 is 0 Å². The van der Waals surface area contributed by atoms with Crippen LogP contribution in [-0.2, 0) is 16.0 Å². The average Bonchev–Trinajstić information content (AvgIpc) is 3.15. The van der Waals surface area contributed by atoms with Crippen molar-refractivity contribution in [2.24, 2.45) is 4.99 Å². The van der Waals surface area contributed by atoms with Crippen molar-refractivity contribution in [2.75, 3.05) is 13.7 Å². The van der Waals surface area contributed by atoms with Crippen LogP contribution in [0, 0.1) is 0 Å². The molecule has 170 valence electrons. The number of amides is 2. The summed E-state index contributed by atoms with van der Waals surface area (Å²) in [6.07, 6.45) is 3.10. The van der Waals surface area contributed by atoms with Crippen molar-refractivity contribution in [1.82, 2.24) is 5.32 Å². The van der Waals surface area contributed by atoms with E-state index in [1.807, 2.05) is 81.4 Å². The van der Waals surface area contributed by atoms with E-state index in [2.05, 4.69) is 10.3 Å². The maximum atomic E-state index is 11.7. The van der Waals surface area contributed by atoms with Gasteiger partial charge in [-0.2, -0.15) is 0 Å². The molecule has 6 nitrogen and oxygen atoms in total. The third-order valence-corrected chi connectivity index (χ3v) is 5.51. The molecular weight excluding hydrogens is 424 g/mol. The topological polar surface area (TPSA) is 77.0 Å². The molecular formula is C25H30N2O4S. The van der Waals surface area contributed by atoms with E-state index < -0.39 is 0 Å². The van der Waals surface area contributed by atoms with Gasteiger partial charge in [0.1, 0.15) is 5.75 Å². The molecule has 0 saturated carbocycles. The molecule has 2 aromatic carbocycles. The lowest BCUT2D eigenvalue weighted by Gasteiger charge is -2.10. The van der Waals surface area contributed by atoms with Crippen LogP contribution in [0.25, 0.3) is 0 Å². The van der Waals surface area contributed by atoms with Gasteiger partial charge >= 0.3 is 0 Å². The Labute approximate surface area is 194 Å². The fourth-order valence-corrected chi connectivity index (χ4v) is 3.80. The van der Waals surface area contributed by atoms with Gasteiger partial charge in [-0.05, 0) is 43.2 Å². The van der Waals surface area contributed by atoms with Crippen LogP contribution in [0.4, 0.5) is 4.79 Å². The Morgan fingerprint density at radius 1 is 1.09 bits per heavy atom. The van der Waals surface area contributed by atoms with Crippen LogP contribution in [0.15, 0.2) is 71.4 Å².